The number of carboxylic acid groups (broad SMARTS) is 1. The van der Waals surface area contributed by atoms with E-state index in [-0.39, 0.29) is 12.5 Å². The van der Waals surface area contributed by atoms with Gasteiger partial charge in [0.1, 0.15) is 4.88 Å². The van der Waals surface area contributed by atoms with Gasteiger partial charge in [-0.05, 0) is 18.0 Å². The van der Waals surface area contributed by atoms with E-state index in [2.05, 4.69) is 14.9 Å². The van der Waals surface area contributed by atoms with Crippen molar-refractivity contribution < 1.29 is 14.7 Å². The van der Waals surface area contributed by atoms with Crippen LogP contribution in [0.2, 0.25) is 0 Å². The van der Waals surface area contributed by atoms with E-state index in [0.29, 0.717) is 11.3 Å². The number of rotatable bonds is 6. The van der Waals surface area contributed by atoms with Crippen molar-refractivity contribution in [1.29, 1.82) is 0 Å². The monoisotopic (exact) mass is 243 g/mol. The van der Waals surface area contributed by atoms with E-state index < -0.39 is 11.9 Å². The Morgan fingerprint density at radius 2 is 2.38 bits per heavy atom. The molecule has 0 saturated heterocycles. The van der Waals surface area contributed by atoms with Gasteiger partial charge in [0.2, 0.25) is 0 Å². The highest BCUT2D eigenvalue weighted by Crippen LogP contribution is 2.06. The normalized spacial score (nSPS) is 12.1. The van der Waals surface area contributed by atoms with Crippen LogP contribution < -0.4 is 5.32 Å². The molecule has 0 bridgehead atoms. The molecule has 1 aromatic rings. The lowest BCUT2D eigenvalue weighted by atomic mass is 10.0. The standard InChI is InChI=1S/C9H13N3O3S/c1-2-3-6(9(14)15)4-10-8(13)7-5-11-12-16-7/h5-6H,2-4H2,1H3,(H,10,13)(H,14,15). The summed E-state index contributed by atoms with van der Waals surface area (Å²) in [6, 6.07) is 0. The second kappa shape index (κ2) is 6.16. The second-order valence-corrected chi connectivity index (χ2v) is 4.10. The van der Waals surface area contributed by atoms with Gasteiger partial charge in [-0.3, -0.25) is 9.59 Å². The van der Waals surface area contributed by atoms with E-state index in [0.717, 1.165) is 18.0 Å². The van der Waals surface area contributed by atoms with Gasteiger partial charge in [0.25, 0.3) is 5.91 Å². The van der Waals surface area contributed by atoms with Crippen LogP contribution in [0.25, 0.3) is 0 Å². The molecule has 0 radical (unpaired) electrons. The summed E-state index contributed by atoms with van der Waals surface area (Å²) in [7, 11) is 0. The van der Waals surface area contributed by atoms with Gasteiger partial charge in [-0.2, -0.15) is 0 Å². The lowest BCUT2D eigenvalue weighted by Crippen LogP contribution is -2.32. The number of aliphatic carboxylic acids is 1. The fourth-order valence-electron chi connectivity index (χ4n) is 1.23. The summed E-state index contributed by atoms with van der Waals surface area (Å²) >= 11 is 0.984. The third kappa shape index (κ3) is 3.58. The van der Waals surface area contributed by atoms with E-state index in [1.807, 2.05) is 6.92 Å². The average molecular weight is 243 g/mol. The molecule has 1 amide bonds. The third-order valence-corrected chi connectivity index (χ3v) is 2.74. The first-order chi connectivity index (χ1) is 7.65. The summed E-state index contributed by atoms with van der Waals surface area (Å²) in [5.74, 6) is -1.74. The smallest absolute Gasteiger partial charge is 0.308 e. The van der Waals surface area contributed by atoms with Gasteiger partial charge in [0.15, 0.2) is 0 Å². The second-order valence-electron chi connectivity index (χ2n) is 3.32. The van der Waals surface area contributed by atoms with Gasteiger partial charge >= 0.3 is 5.97 Å². The molecule has 0 aliphatic carbocycles. The fraction of sp³-hybridized carbons (Fsp3) is 0.556. The highest BCUT2D eigenvalue weighted by molar-refractivity contribution is 7.07. The zero-order valence-corrected chi connectivity index (χ0v) is 9.66. The lowest BCUT2D eigenvalue weighted by molar-refractivity contribution is -0.141. The Labute approximate surface area is 96.8 Å². The molecule has 0 aliphatic heterocycles. The number of nitrogens with one attached hydrogen (secondary N) is 1. The summed E-state index contributed by atoms with van der Waals surface area (Å²) in [5, 5.41) is 15.0. The molecule has 6 nitrogen and oxygen atoms in total. The van der Waals surface area contributed by atoms with Crippen LogP contribution in [0.1, 0.15) is 29.4 Å². The van der Waals surface area contributed by atoms with Crippen LogP contribution >= 0.6 is 11.5 Å². The fourth-order valence-corrected chi connectivity index (χ4v) is 1.66. The van der Waals surface area contributed by atoms with E-state index in [4.69, 9.17) is 5.11 Å². The van der Waals surface area contributed by atoms with Crippen molar-refractivity contribution in [2.75, 3.05) is 6.54 Å². The number of aromatic nitrogens is 2. The molecule has 7 heteroatoms. The molecular weight excluding hydrogens is 230 g/mol. The summed E-state index contributed by atoms with van der Waals surface area (Å²) in [5.41, 5.74) is 0. The molecule has 0 aromatic carbocycles. The van der Waals surface area contributed by atoms with E-state index >= 15 is 0 Å². The molecule has 1 atom stereocenters. The van der Waals surface area contributed by atoms with Gasteiger partial charge < -0.3 is 10.4 Å². The lowest BCUT2D eigenvalue weighted by Gasteiger charge is -2.11. The Hall–Kier alpha value is -1.50. The first-order valence-electron chi connectivity index (χ1n) is 4.93. The molecule has 0 spiro atoms. The minimum absolute atomic E-state index is 0.139. The predicted molar refractivity (Wildman–Crippen MR) is 58.3 cm³/mol. The topological polar surface area (TPSA) is 92.2 Å². The van der Waals surface area contributed by atoms with Crippen molar-refractivity contribution in [3.63, 3.8) is 0 Å². The van der Waals surface area contributed by atoms with Crippen molar-refractivity contribution in [3.05, 3.63) is 11.1 Å². The van der Waals surface area contributed by atoms with Crippen molar-refractivity contribution >= 4 is 23.4 Å². The Bertz CT molecular complexity index is 353. The number of amides is 1. The van der Waals surface area contributed by atoms with E-state index in [1.165, 1.54) is 6.20 Å². The number of nitrogens with zero attached hydrogens (tertiary/aromatic N) is 2. The van der Waals surface area contributed by atoms with Gasteiger partial charge in [0, 0.05) is 6.54 Å². The molecule has 1 heterocycles. The molecule has 0 saturated carbocycles. The van der Waals surface area contributed by atoms with Crippen molar-refractivity contribution in [3.8, 4) is 0 Å². The van der Waals surface area contributed by atoms with Crippen LogP contribution in [-0.4, -0.2) is 33.1 Å². The van der Waals surface area contributed by atoms with Gasteiger partial charge in [0.05, 0.1) is 12.1 Å². The first kappa shape index (κ1) is 12.6. The molecule has 16 heavy (non-hydrogen) atoms. The number of hydrogen-bond donors (Lipinski definition) is 2. The molecule has 0 fully saturated rings. The van der Waals surface area contributed by atoms with Crippen LogP contribution in [0.5, 0.6) is 0 Å². The van der Waals surface area contributed by atoms with Crippen molar-refractivity contribution in [2.45, 2.75) is 19.8 Å². The van der Waals surface area contributed by atoms with Crippen LogP contribution in [0.15, 0.2) is 6.20 Å². The molecule has 0 aliphatic rings. The minimum Gasteiger partial charge on any atom is -0.481 e. The maximum atomic E-state index is 11.5. The van der Waals surface area contributed by atoms with Gasteiger partial charge in [-0.25, -0.2) is 0 Å². The maximum absolute atomic E-state index is 11.5. The molecular formula is C9H13N3O3S. The van der Waals surface area contributed by atoms with Crippen LogP contribution in [0.4, 0.5) is 0 Å². The van der Waals surface area contributed by atoms with Crippen molar-refractivity contribution in [2.24, 2.45) is 5.92 Å². The number of carboxylic acids is 1. The minimum atomic E-state index is -0.885. The average Bonchev–Trinajstić information content (AvgIpc) is 2.76. The van der Waals surface area contributed by atoms with Gasteiger partial charge in [-0.1, -0.05) is 17.8 Å². The van der Waals surface area contributed by atoms with E-state index in [9.17, 15) is 9.59 Å². The summed E-state index contributed by atoms with van der Waals surface area (Å²) in [4.78, 5) is 22.7. The maximum Gasteiger partial charge on any atom is 0.308 e. The number of carbonyl (C=O) groups excluding carboxylic acids is 1. The quantitative estimate of drug-likeness (QED) is 0.769. The zero-order valence-electron chi connectivity index (χ0n) is 8.84. The molecule has 2 N–H and O–H groups in total. The molecule has 1 aromatic heterocycles. The highest BCUT2D eigenvalue weighted by atomic mass is 32.1. The molecule has 1 rings (SSSR count). The predicted octanol–water partition coefficient (Wildman–Crippen LogP) is 0.769. The third-order valence-electron chi connectivity index (χ3n) is 2.08. The Morgan fingerprint density at radius 3 is 2.88 bits per heavy atom. The summed E-state index contributed by atoms with van der Waals surface area (Å²) in [6.45, 7) is 2.05. The Morgan fingerprint density at radius 1 is 1.62 bits per heavy atom. The van der Waals surface area contributed by atoms with Crippen LogP contribution in [0, 0.1) is 5.92 Å². The first-order valence-corrected chi connectivity index (χ1v) is 5.70. The summed E-state index contributed by atoms with van der Waals surface area (Å²) < 4.78 is 3.56. The van der Waals surface area contributed by atoms with Crippen LogP contribution in [0.3, 0.4) is 0 Å². The zero-order chi connectivity index (χ0) is 12.0. The Kier molecular flexibility index (Phi) is 4.84. The Balaban J connectivity index is 2.43. The van der Waals surface area contributed by atoms with E-state index in [1.54, 1.807) is 0 Å². The highest BCUT2D eigenvalue weighted by Gasteiger charge is 2.18. The number of carbonyl (C=O) groups is 2. The van der Waals surface area contributed by atoms with Gasteiger partial charge in [-0.15, -0.1) is 5.10 Å². The molecule has 1 unspecified atom stereocenters. The van der Waals surface area contributed by atoms with Crippen molar-refractivity contribution in [1.82, 2.24) is 14.9 Å². The van der Waals surface area contributed by atoms with Crippen LogP contribution in [-0.2, 0) is 4.79 Å². The largest absolute Gasteiger partial charge is 0.481 e. The summed E-state index contributed by atoms with van der Waals surface area (Å²) in [6.07, 6.45) is 2.68. The number of hydrogen-bond acceptors (Lipinski definition) is 5. The SMILES string of the molecule is CCCC(CNC(=O)c1cnns1)C(=O)O. The molecule has 88 valence electrons.